The SMILES string of the molecule is CCCCCCCC(=O)N(Cc1ccc(Cl)cc1)C1CC(C(=O)NCCO)=CC(Oc2ccccc2I)C1O. The molecule has 0 saturated carbocycles. The number of ether oxygens (including phenoxy) is 1. The van der Waals surface area contributed by atoms with Crippen LogP contribution in [0.15, 0.2) is 60.2 Å². The second kappa shape index (κ2) is 16.2. The summed E-state index contributed by atoms with van der Waals surface area (Å²) in [6.45, 7) is 2.34. The molecule has 0 spiro atoms. The second-order valence-electron chi connectivity index (χ2n) is 9.76. The molecule has 0 heterocycles. The molecule has 0 saturated heterocycles. The summed E-state index contributed by atoms with van der Waals surface area (Å²) in [5.41, 5.74) is 1.29. The molecular weight excluding hydrogens is 631 g/mol. The van der Waals surface area contributed by atoms with Crippen LogP contribution in [0.4, 0.5) is 0 Å². The molecule has 0 aromatic heterocycles. The lowest BCUT2D eigenvalue weighted by atomic mass is 9.87. The minimum absolute atomic E-state index is 0.0736. The monoisotopic (exact) mass is 668 g/mol. The summed E-state index contributed by atoms with van der Waals surface area (Å²) in [5.74, 6) is 0.159. The van der Waals surface area contributed by atoms with Gasteiger partial charge in [-0.25, -0.2) is 0 Å². The molecule has 0 aliphatic heterocycles. The molecule has 9 heteroatoms. The Hall–Kier alpha value is -2.14. The molecule has 39 heavy (non-hydrogen) atoms. The number of aliphatic hydroxyl groups excluding tert-OH is 2. The van der Waals surface area contributed by atoms with Crippen LogP contribution >= 0.6 is 34.2 Å². The number of carbonyl (C=O) groups is 2. The van der Waals surface area contributed by atoms with Gasteiger partial charge in [0, 0.05) is 36.5 Å². The predicted octanol–water partition coefficient (Wildman–Crippen LogP) is 5.25. The van der Waals surface area contributed by atoms with Crippen molar-refractivity contribution in [1.82, 2.24) is 10.2 Å². The average molecular weight is 669 g/mol. The third-order valence-corrected chi connectivity index (χ3v) is 7.94. The molecule has 3 unspecified atom stereocenters. The number of nitrogens with one attached hydrogen (secondary N) is 1. The summed E-state index contributed by atoms with van der Waals surface area (Å²) >= 11 is 8.25. The molecule has 0 radical (unpaired) electrons. The van der Waals surface area contributed by atoms with Gasteiger partial charge in [0.15, 0.2) is 0 Å². The molecule has 3 rings (SSSR count). The molecular formula is C30H38ClIN2O5. The standard InChI is InChI=1S/C30H38ClIN2O5/c1-2-3-4-5-6-11-28(36)34(20-21-12-14-23(31)15-13-21)25-18-22(30(38)33-16-17-35)19-27(29(25)37)39-26-10-8-7-9-24(26)32/h7-10,12-15,19,25,27,29,35,37H,2-6,11,16-18,20H2,1H3,(H,33,38). The van der Waals surface area contributed by atoms with E-state index in [-0.39, 0.29) is 37.9 Å². The average Bonchev–Trinajstić information content (AvgIpc) is 2.93. The van der Waals surface area contributed by atoms with Crippen molar-refractivity contribution in [3.63, 3.8) is 0 Å². The van der Waals surface area contributed by atoms with E-state index in [0.717, 1.165) is 41.2 Å². The number of rotatable bonds is 14. The van der Waals surface area contributed by atoms with Gasteiger partial charge in [0.05, 0.1) is 16.2 Å². The van der Waals surface area contributed by atoms with Crippen LogP contribution in [0.25, 0.3) is 0 Å². The third kappa shape index (κ3) is 9.48. The molecule has 0 bridgehead atoms. The van der Waals surface area contributed by atoms with Crippen LogP contribution in [-0.4, -0.2) is 58.3 Å². The summed E-state index contributed by atoms with van der Waals surface area (Å²) in [6, 6.07) is 14.0. The summed E-state index contributed by atoms with van der Waals surface area (Å²) in [4.78, 5) is 28.3. The van der Waals surface area contributed by atoms with Crippen molar-refractivity contribution >= 4 is 46.0 Å². The highest BCUT2D eigenvalue weighted by atomic mass is 127. The number of para-hydroxylation sites is 1. The van der Waals surface area contributed by atoms with E-state index < -0.39 is 18.2 Å². The second-order valence-corrected chi connectivity index (χ2v) is 11.4. The third-order valence-electron chi connectivity index (χ3n) is 6.80. The van der Waals surface area contributed by atoms with Crippen molar-refractivity contribution in [2.45, 2.75) is 76.7 Å². The van der Waals surface area contributed by atoms with E-state index in [1.807, 2.05) is 36.4 Å². The zero-order chi connectivity index (χ0) is 28.2. The van der Waals surface area contributed by atoms with Crippen molar-refractivity contribution < 1.29 is 24.5 Å². The van der Waals surface area contributed by atoms with E-state index in [1.165, 1.54) is 0 Å². The number of benzene rings is 2. The molecule has 2 aromatic rings. The van der Waals surface area contributed by atoms with Gasteiger partial charge in [-0.05, 0) is 64.9 Å². The van der Waals surface area contributed by atoms with Crippen LogP contribution in [0, 0.1) is 3.57 Å². The maximum atomic E-state index is 13.7. The van der Waals surface area contributed by atoms with E-state index in [9.17, 15) is 19.8 Å². The van der Waals surface area contributed by atoms with Crippen LogP contribution in [-0.2, 0) is 16.1 Å². The summed E-state index contributed by atoms with van der Waals surface area (Å²) in [5, 5.41) is 24.1. The van der Waals surface area contributed by atoms with Crippen molar-refractivity contribution in [1.29, 1.82) is 0 Å². The molecule has 212 valence electrons. The Kier molecular flexibility index (Phi) is 13.0. The summed E-state index contributed by atoms with van der Waals surface area (Å²) < 4.78 is 7.08. The molecule has 1 aliphatic rings. The first kappa shape index (κ1) is 31.4. The van der Waals surface area contributed by atoms with Crippen molar-refractivity contribution in [3.05, 3.63) is 74.3 Å². The van der Waals surface area contributed by atoms with Gasteiger partial charge in [0.25, 0.3) is 0 Å². The van der Waals surface area contributed by atoms with Crippen molar-refractivity contribution in [3.8, 4) is 5.75 Å². The molecule has 1 aliphatic carbocycles. The number of hydrogen-bond donors (Lipinski definition) is 3. The number of amides is 2. The fourth-order valence-corrected chi connectivity index (χ4v) is 5.31. The number of nitrogens with zero attached hydrogens (tertiary/aromatic N) is 1. The lowest BCUT2D eigenvalue weighted by molar-refractivity contribution is -0.139. The van der Waals surface area contributed by atoms with E-state index >= 15 is 0 Å². The van der Waals surface area contributed by atoms with Crippen molar-refractivity contribution in [2.24, 2.45) is 0 Å². The first-order valence-electron chi connectivity index (χ1n) is 13.6. The molecule has 3 atom stereocenters. The largest absolute Gasteiger partial charge is 0.482 e. The summed E-state index contributed by atoms with van der Waals surface area (Å²) in [6.07, 6.45) is 5.32. The van der Waals surface area contributed by atoms with Crippen LogP contribution in [0.2, 0.25) is 5.02 Å². The number of aliphatic hydroxyl groups is 2. The Bertz CT molecular complexity index is 1110. The number of hydrogen-bond acceptors (Lipinski definition) is 5. The highest BCUT2D eigenvalue weighted by molar-refractivity contribution is 14.1. The van der Waals surface area contributed by atoms with Gasteiger partial charge in [0.1, 0.15) is 18.0 Å². The Labute approximate surface area is 249 Å². The van der Waals surface area contributed by atoms with Gasteiger partial charge < -0.3 is 25.2 Å². The fraction of sp³-hybridized carbons (Fsp3) is 0.467. The number of unbranched alkanes of at least 4 members (excludes halogenated alkanes) is 4. The molecule has 7 nitrogen and oxygen atoms in total. The molecule has 2 amide bonds. The minimum atomic E-state index is -1.06. The number of carbonyl (C=O) groups excluding carboxylic acids is 2. The quantitative estimate of drug-likeness (QED) is 0.189. The van der Waals surface area contributed by atoms with Crippen LogP contribution in [0.5, 0.6) is 5.75 Å². The van der Waals surface area contributed by atoms with E-state index in [1.54, 1.807) is 23.1 Å². The van der Waals surface area contributed by atoms with Crippen LogP contribution in [0.1, 0.15) is 57.4 Å². The lowest BCUT2D eigenvalue weighted by Crippen LogP contribution is -2.54. The minimum Gasteiger partial charge on any atom is -0.482 e. The maximum Gasteiger partial charge on any atom is 0.247 e. The highest BCUT2D eigenvalue weighted by Gasteiger charge is 2.40. The Morgan fingerprint density at radius 1 is 1.10 bits per heavy atom. The molecule has 2 aromatic carbocycles. The molecule has 0 fully saturated rings. The van der Waals surface area contributed by atoms with Gasteiger partial charge in [-0.3, -0.25) is 9.59 Å². The number of halogens is 2. The van der Waals surface area contributed by atoms with Gasteiger partial charge in [-0.2, -0.15) is 0 Å². The van der Waals surface area contributed by atoms with E-state index in [2.05, 4.69) is 34.8 Å². The maximum absolute atomic E-state index is 13.7. The Balaban J connectivity index is 1.91. The van der Waals surface area contributed by atoms with Gasteiger partial charge in [-0.15, -0.1) is 0 Å². The van der Waals surface area contributed by atoms with Crippen molar-refractivity contribution in [2.75, 3.05) is 13.2 Å². The van der Waals surface area contributed by atoms with E-state index in [0.29, 0.717) is 22.8 Å². The predicted molar refractivity (Wildman–Crippen MR) is 162 cm³/mol. The lowest BCUT2D eigenvalue weighted by Gasteiger charge is -2.40. The first-order chi connectivity index (χ1) is 18.8. The first-order valence-corrected chi connectivity index (χ1v) is 15.0. The molecule has 3 N–H and O–H groups in total. The zero-order valence-electron chi connectivity index (χ0n) is 22.3. The normalized spacial score (nSPS) is 18.8. The van der Waals surface area contributed by atoms with Crippen LogP contribution < -0.4 is 10.1 Å². The highest BCUT2D eigenvalue weighted by Crippen LogP contribution is 2.31. The van der Waals surface area contributed by atoms with E-state index in [4.69, 9.17) is 16.3 Å². The van der Waals surface area contributed by atoms with Crippen LogP contribution in [0.3, 0.4) is 0 Å². The topological polar surface area (TPSA) is 99.1 Å². The summed E-state index contributed by atoms with van der Waals surface area (Å²) in [7, 11) is 0. The zero-order valence-corrected chi connectivity index (χ0v) is 25.2. The van der Waals surface area contributed by atoms with Gasteiger partial charge in [0.2, 0.25) is 11.8 Å². The fourth-order valence-electron chi connectivity index (χ4n) is 4.67. The smallest absolute Gasteiger partial charge is 0.247 e. The Morgan fingerprint density at radius 3 is 2.51 bits per heavy atom. The van der Waals surface area contributed by atoms with Gasteiger partial charge in [-0.1, -0.05) is 68.5 Å². The Morgan fingerprint density at radius 2 is 1.82 bits per heavy atom. The van der Waals surface area contributed by atoms with Gasteiger partial charge >= 0.3 is 0 Å².